The highest BCUT2D eigenvalue weighted by Crippen LogP contribution is 2.21. The Kier molecular flexibility index (Phi) is 5.03. The van der Waals surface area contributed by atoms with Gasteiger partial charge in [-0.3, -0.25) is 4.79 Å². The maximum Gasteiger partial charge on any atom is 0.250 e. The van der Waals surface area contributed by atoms with Gasteiger partial charge >= 0.3 is 0 Å². The second kappa shape index (κ2) is 7.38. The fraction of sp³-hybridized carbons (Fsp3) is 0.444. The van der Waals surface area contributed by atoms with Crippen molar-refractivity contribution in [2.24, 2.45) is 0 Å². The lowest BCUT2D eigenvalue weighted by atomic mass is 10.0. The highest BCUT2D eigenvalue weighted by molar-refractivity contribution is 5.77. The zero-order valence-corrected chi connectivity index (χ0v) is 14.3. The van der Waals surface area contributed by atoms with E-state index >= 15 is 0 Å². The normalized spacial score (nSPS) is 14.3. The Morgan fingerprint density at radius 2 is 2.12 bits per heavy atom. The van der Waals surface area contributed by atoms with Crippen LogP contribution in [0, 0.1) is 6.92 Å². The van der Waals surface area contributed by atoms with E-state index < -0.39 is 0 Å². The smallest absolute Gasteiger partial charge is 0.250 e. The van der Waals surface area contributed by atoms with Crippen molar-refractivity contribution in [1.82, 2.24) is 25.1 Å². The number of likely N-dealkylation sites (N-methyl/N-ethyl adjacent to an activating group) is 1. The molecular weight excluding hydrogens is 302 g/mol. The fourth-order valence-corrected chi connectivity index (χ4v) is 3.05. The van der Waals surface area contributed by atoms with Crippen LogP contribution in [-0.2, 0) is 11.3 Å². The van der Waals surface area contributed by atoms with Crippen molar-refractivity contribution < 1.29 is 4.79 Å². The minimum absolute atomic E-state index is 0.0133. The van der Waals surface area contributed by atoms with E-state index in [1.165, 1.54) is 11.2 Å². The summed E-state index contributed by atoms with van der Waals surface area (Å²) in [4.78, 5) is 15.8. The molecule has 1 aliphatic carbocycles. The van der Waals surface area contributed by atoms with Gasteiger partial charge in [0.05, 0.1) is 0 Å². The van der Waals surface area contributed by atoms with Crippen molar-refractivity contribution in [3.63, 3.8) is 0 Å². The van der Waals surface area contributed by atoms with Crippen molar-refractivity contribution in [1.29, 1.82) is 0 Å². The van der Waals surface area contributed by atoms with Gasteiger partial charge in [-0.2, -0.15) is 4.80 Å². The number of carbonyl (C=O) groups is 1. The summed E-state index contributed by atoms with van der Waals surface area (Å²) in [5, 5.41) is 12.5. The van der Waals surface area contributed by atoms with Gasteiger partial charge in [-0.05, 0) is 50.3 Å². The van der Waals surface area contributed by atoms with E-state index in [0.29, 0.717) is 12.4 Å². The highest BCUT2D eigenvalue weighted by Gasteiger charge is 2.19. The van der Waals surface area contributed by atoms with Crippen molar-refractivity contribution in [2.75, 3.05) is 6.54 Å². The molecule has 2 aromatic rings. The third-order valence-corrected chi connectivity index (χ3v) is 4.35. The number of aryl methyl sites for hydroxylation is 1. The minimum Gasteiger partial charge on any atom is -0.315 e. The Bertz CT molecular complexity index is 749. The van der Waals surface area contributed by atoms with Crippen LogP contribution in [0.4, 0.5) is 0 Å². The average Bonchev–Trinajstić information content (AvgIpc) is 3.05. The highest BCUT2D eigenvalue weighted by atomic mass is 16.2. The van der Waals surface area contributed by atoms with Gasteiger partial charge in [-0.15, -0.1) is 10.2 Å². The third-order valence-electron chi connectivity index (χ3n) is 4.35. The zero-order chi connectivity index (χ0) is 16.9. The van der Waals surface area contributed by atoms with E-state index in [2.05, 4.69) is 21.5 Å². The first-order valence-corrected chi connectivity index (χ1v) is 8.52. The summed E-state index contributed by atoms with van der Waals surface area (Å²) in [6.45, 7) is 4.80. The molecule has 0 bridgehead atoms. The maximum atomic E-state index is 12.6. The number of benzene rings is 1. The minimum atomic E-state index is 0.0133. The zero-order valence-electron chi connectivity index (χ0n) is 14.3. The summed E-state index contributed by atoms with van der Waals surface area (Å²) in [5.74, 6) is 0.570. The third kappa shape index (κ3) is 3.53. The van der Waals surface area contributed by atoms with Gasteiger partial charge < -0.3 is 4.90 Å². The number of nitrogens with zero attached hydrogens (tertiary/aromatic N) is 5. The molecule has 1 aromatic heterocycles. The number of rotatable bonds is 5. The fourth-order valence-electron chi connectivity index (χ4n) is 3.05. The summed E-state index contributed by atoms with van der Waals surface area (Å²) in [6.07, 6.45) is 6.56. The van der Waals surface area contributed by atoms with Crippen molar-refractivity contribution in [3.8, 4) is 11.4 Å². The summed E-state index contributed by atoms with van der Waals surface area (Å²) in [6, 6.07) is 7.89. The molecule has 6 nitrogen and oxygen atoms in total. The molecule has 0 saturated heterocycles. The molecule has 24 heavy (non-hydrogen) atoms. The second-order valence-electron chi connectivity index (χ2n) is 6.04. The van der Waals surface area contributed by atoms with Gasteiger partial charge in [0.15, 0.2) is 0 Å². The maximum absolute atomic E-state index is 12.6. The molecule has 0 fully saturated rings. The molecular formula is C18H23N5O. The quantitative estimate of drug-likeness (QED) is 0.848. The van der Waals surface area contributed by atoms with E-state index in [4.69, 9.17) is 0 Å². The Balaban J connectivity index is 1.73. The number of hydrogen-bond donors (Lipinski definition) is 0. The van der Waals surface area contributed by atoms with Crippen LogP contribution in [0.25, 0.3) is 11.4 Å². The van der Waals surface area contributed by atoms with Crippen LogP contribution in [0.3, 0.4) is 0 Å². The molecule has 126 valence electrons. The van der Waals surface area contributed by atoms with Gasteiger partial charge in [0.25, 0.3) is 0 Å². The molecule has 0 spiro atoms. The van der Waals surface area contributed by atoms with E-state index in [-0.39, 0.29) is 12.5 Å². The number of tetrazole rings is 1. The molecule has 6 heteroatoms. The molecule has 0 aliphatic heterocycles. The van der Waals surface area contributed by atoms with Gasteiger partial charge in [0.2, 0.25) is 11.7 Å². The molecule has 1 amide bonds. The van der Waals surface area contributed by atoms with Gasteiger partial charge in [-0.1, -0.05) is 30.3 Å². The number of carbonyl (C=O) groups excluding carboxylic acids is 1. The lowest BCUT2D eigenvalue weighted by Crippen LogP contribution is -2.34. The van der Waals surface area contributed by atoms with Crippen molar-refractivity contribution in [3.05, 3.63) is 41.6 Å². The van der Waals surface area contributed by atoms with Crippen LogP contribution in [0.5, 0.6) is 0 Å². The lowest BCUT2D eigenvalue weighted by Gasteiger charge is -2.26. The Hall–Kier alpha value is -2.50. The monoisotopic (exact) mass is 325 g/mol. The molecule has 0 N–H and O–H groups in total. The molecule has 0 unspecified atom stereocenters. The SMILES string of the molecule is CCN(C(=O)Cn1nnc(-c2ccccc2C)n1)C1=CCCCC1. The Morgan fingerprint density at radius 1 is 1.29 bits per heavy atom. The molecule has 1 heterocycles. The predicted octanol–water partition coefficient (Wildman–Crippen LogP) is 2.95. The van der Waals surface area contributed by atoms with Crippen LogP contribution < -0.4 is 0 Å². The lowest BCUT2D eigenvalue weighted by molar-refractivity contribution is -0.130. The Labute approximate surface area is 142 Å². The van der Waals surface area contributed by atoms with Crippen LogP contribution in [0.15, 0.2) is 36.0 Å². The van der Waals surface area contributed by atoms with Crippen LogP contribution in [0.1, 0.15) is 38.2 Å². The van der Waals surface area contributed by atoms with Crippen LogP contribution in [-0.4, -0.2) is 37.6 Å². The number of aromatic nitrogens is 4. The number of hydrogen-bond acceptors (Lipinski definition) is 4. The summed E-state index contributed by atoms with van der Waals surface area (Å²) >= 11 is 0. The van der Waals surface area contributed by atoms with Crippen molar-refractivity contribution >= 4 is 5.91 Å². The summed E-state index contributed by atoms with van der Waals surface area (Å²) in [7, 11) is 0. The molecule has 3 rings (SSSR count). The van der Waals surface area contributed by atoms with E-state index in [0.717, 1.165) is 36.1 Å². The van der Waals surface area contributed by atoms with Gasteiger partial charge in [0.1, 0.15) is 6.54 Å². The van der Waals surface area contributed by atoms with Crippen LogP contribution in [0.2, 0.25) is 0 Å². The molecule has 1 aromatic carbocycles. The van der Waals surface area contributed by atoms with E-state index in [9.17, 15) is 4.79 Å². The van der Waals surface area contributed by atoms with Gasteiger partial charge in [0, 0.05) is 17.8 Å². The number of allylic oxidation sites excluding steroid dienone is 2. The second-order valence-corrected chi connectivity index (χ2v) is 6.04. The topological polar surface area (TPSA) is 63.9 Å². The van der Waals surface area contributed by atoms with E-state index in [1.807, 2.05) is 43.0 Å². The first-order valence-electron chi connectivity index (χ1n) is 8.52. The van der Waals surface area contributed by atoms with Crippen molar-refractivity contribution in [2.45, 2.75) is 46.1 Å². The molecule has 0 atom stereocenters. The average molecular weight is 325 g/mol. The largest absolute Gasteiger partial charge is 0.315 e. The van der Waals surface area contributed by atoms with Gasteiger partial charge in [-0.25, -0.2) is 0 Å². The summed E-state index contributed by atoms with van der Waals surface area (Å²) in [5.41, 5.74) is 3.16. The van der Waals surface area contributed by atoms with E-state index in [1.54, 1.807) is 0 Å². The Morgan fingerprint density at radius 3 is 2.83 bits per heavy atom. The first kappa shape index (κ1) is 16.4. The first-order chi connectivity index (χ1) is 11.7. The number of amides is 1. The molecule has 0 radical (unpaired) electrons. The van der Waals surface area contributed by atoms with Crippen LogP contribution >= 0.6 is 0 Å². The standard InChI is InChI=1S/C18H23N5O/c1-3-22(15-10-5-4-6-11-15)17(24)13-23-20-18(19-21-23)16-12-8-7-9-14(16)2/h7-10,12H,3-6,11,13H2,1-2H3. The predicted molar refractivity (Wildman–Crippen MR) is 91.9 cm³/mol. The molecule has 0 saturated carbocycles. The molecule has 1 aliphatic rings. The summed E-state index contributed by atoms with van der Waals surface area (Å²) < 4.78 is 0.